The molecule has 5 atom stereocenters. The van der Waals surface area contributed by atoms with E-state index in [1.54, 1.807) is 13.2 Å². The predicted octanol–water partition coefficient (Wildman–Crippen LogP) is 2.34. The lowest BCUT2D eigenvalue weighted by Crippen LogP contribution is -2.71. The van der Waals surface area contributed by atoms with Crippen molar-refractivity contribution in [1.29, 1.82) is 0 Å². The molecule has 2 aliphatic heterocycles. The molecule has 1 unspecified atom stereocenters. The third kappa shape index (κ3) is 1.68. The summed E-state index contributed by atoms with van der Waals surface area (Å²) in [6.45, 7) is 5.91. The second kappa shape index (κ2) is 5.03. The summed E-state index contributed by atoms with van der Waals surface area (Å²) < 4.78 is 12.8. The summed E-state index contributed by atoms with van der Waals surface area (Å²) in [5.74, 6) is 1.93. The molecule has 0 radical (unpaired) electrons. The van der Waals surface area contributed by atoms with E-state index in [0.717, 1.165) is 53.7 Å². The fourth-order valence-electron chi connectivity index (χ4n) is 6.55. The van der Waals surface area contributed by atoms with Gasteiger partial charge in [-0.3, -0.25) is 4.79 Å². The number of ether oxygens (including phenoxy) is 2. The normalized spacial score (nSPS) is 39.2. The average molecular weight is 356 g/mol. The molecule has 5 heteroatoms. The topological polar surface area (TPSA) is 55.8 Å². The van der Waals surface area contributed by atoms with Crippen molar-refractivity contribution in [3.05, 3.63) is 29.8 Å². The summed E-state index contributed by atoms with van der Waals surface area (Å²) in [5, 5.41) is 10.6. The Morgan fingerprint density at radius 2 is 2.35 bits per heavy atom. The Morgan fingerprint density at radius 3 is 3.08 bits per heavy atom. The van der Waals surface area contributed by atoms with Crippen LogP contribution >= 0.6 is 0 Å². The standard InChI is InChI=1S/C21H25NO4/c1-4-8-22(2)9-7-21-13-5-6-15(23)20(21)26-19-16(24)11-17(25-3)12(18(19)21)10-14(13)22/h4,11,13-14,20H,1,5-10H2,2-3H3/p+1/t13-,14+,20-,21-,22?/m0/s1. The van der Waals surface area contributed by atoms with E-state index >= 15 is 0 Å². The molecule has 138 valence electrons. The minimum absolute atomic E-state index is 0.100. The summed E-state index contributed by atoms with van der Waals surface area (Å²) in [6.07, 6.45) is 4.85. The quantitative estimate of drug-likeness (QED) is 0.667. The maximum atomic E-state index is 12.8. The highest BCUT2D eigenvalue weighted by Gasteiger charge is 2.69. The zero-order valence-corrected chi connectivity index (χ0v) is 15.5. The maximum absolute atomic E-state index is 12.8. The van der Waals surface area contributed by atoms with Gasteiger partial charge in [0.25, 0.3) is 0 Å². The molecule has 1 saturated carbocycles. The van der Waals surface area contributed by atoms with E-state index in [2.05, 4.69) is 13.6 Å². The van der Waals surface area contributed by atoms with Gasteiger partial charge in [0, 0.05) is 42.4 Å². The summed E-state index contributed by atoms with van der Waals surface area (Å²) >= 11 is 0. The molecule has 0 amide bonds. The highest BCUT2D eigenvalue weighted by Crippen LogP contribution is 2.65. The molecule has 1 N–H and O–H groups in total. The molecule has 5 nitrogen and oxygen atoms in total. The number of piperidine rings is 1. The number of carbonyl (C=O) groups excluding carboxylic acids is 1. The molecule has 2 fully saturated rings. The lowest BCUT2D eigenvalue weighted by atomic mass is 9.51. The molecule has 1 saturated heterocycles. The summed E-state index contributed by atoms with van der Waals surface area (Å²) in [4.78, 5) is 12.8. The summed E-state index contributed by atoms with van der Waals surface area (Å²) in [5.41, 5.74) is 1.90. The first-order valence-electron chi connectivity index (χ1n) is 9.54. The number of quaternary nitrogens is 1. The predicted molar refractivity (Wildman–Crippen MR) is 96.7 cm³/mol. The number of phenols is 1. The fraction of sp³-hybridized carbons (Fsp3) is 0.571. The van der Waals surface area contributed by atoms with Gasteiger partial charge in [0.05, 0.1) is 38.7 Å². The Kier molecular flexibility index (Phi) is 3.13. The largest absolute Gasteiger partial charge is 0.504 e. The van der Waals surface area contributed by atoms with E-state index in [1.807, 2.05) is 6.08 Å². The average Bonchev–Trinajstić information content (AvgIpc) is 2.97. The Morgan fingerprint density at radius 1 is 1.54 bits per heavy atom. The maximum Gasteiger partial charge on any atom is 0.174 e. The van der Waals surface area contributed by atoms with Gasteiger partial charge in [-0.05, 0) is 12.5 Å². The number of likely N-dealkylation sites (tertiary alicyclic amines) is 1. The molecule has 0 aromatic heterocycles. The number of nitrogens with zero attached hydrogens (tertiary/aromatic N) is 1. The van der Waals surface area contributed by atoms with Crippen LogP contribution in [0.2, 0.25) is 0 Å². The minimum atomic E-state index is -0.451. The number of rotatable bonds is 3. The molecule has 1 aromatic carbocycles. The number of carbonyl (C=O) groups is 1. The van der Waals surface area contributed by atoms with Crippen molar-refractivity contribution in [3.63, 3.8) is 0 Å². The Bertz CT molecular complexity index is 834. The summed E-state index contributed by atoms with van der Waals surface area (Å²) in [7, 11) is 3.97. The van der Waals surface area contributed by atoms with Crippen LogP contribution in [-0.4, -0.2) is 54.8 Å². The molecular formula is C21H26NO4+. The monoisotopic (exact) mass is 356 g/mol. The van der Waals surface area contributed by atoms with Gasteiger partial charge in [-0.2, -0.15) is 0 Å². The van der Waals surface area contributed by atoms with Gasteiger partial charge in [-0.15, -0.1) is 0 Å². The van der Waals surface area contributed by atoms with Gasteiger partial charge in [-0.25, -0.2) is 0 Å². The molecule has 26 heavy (non-hydrogen) atoms. The van der Waals surface area contributed by atoms with Crippen molar-refractivity contribution in [2.24, 2.45) is 5.92 Å². The van der Waals surface area contributed by atoms with Crippen LogP contribution in [0.1, 0.15) is 30.4 Å². The van der Waals surface area contributed by atoms with Gasteiger partial charge >= 0.3 is 0 Å². The molecular weight excluding hydrogens is 330 g/mol. The second-order valence-electron chi connectivity index (χ2n) is 8.63. The zero-order valence-electron chi connectivity index (χ0n) is 15.5. The number of hydrogen-bond acceptors (Lipinski definition) is 4. The van der Waals surface area contributed by atoms with Gasteiger partial charge in [-0.1, -0.05) is 6.58 Å². The second-order valence-corrected chi connectivity index (χ2v) is 8.63. The molecule has 1 aromatic rings. The lowest BCUT2D eigenvalue weighted by molar-refractivity contribution is -0.939. The lowest BCUT2D eigenvalue weighted by Gasteiger charge is -2.60. The molecule has 2 aliphatic carbocycles. The van der Waals surface area contributed by atoms with Gasteiger partial charge in [0.2, 0.25) is 0 Å². The van der Waals surface area contributed by atoms with Crippen molar-refractivity contribution in [2.75, 3.05) is 27.2 Å². The Balaban J connectivity index is 1.80. The zero-order chi connectivity index (χ0) is 18.3. The first kappa shape index (κ1) is 16.2. The van der Waals surface area contributed by atoms with E-state index in [9.17, 15) is 9.90 Å². The van der Waals surface area contributed by atoms with Crippen LogP contribution in [0.5, 0.6) is 17.2 Å². The van der Waals surface area contributed by atoms with Crippen LogP contribution in [0.25, 0.3) is 0 Å². The molecule has 4 aliphatic rings. The van der Waals surface area contributed by atoms with Crippen molar-refractivity contribution < 1.29 is 23.9 Å². The van der Waals surface area contributed by atoms with Crippen LogP contribution < -0.4 is 9.47 Å². The highest BCUT2D eigenvalue weighted by molar-refractivity contribution is 5.89. The number of aromatic hydroxyl groups is 1. The van der Waals surface area contributed by atoms with Crippen LogP contribution in [0, 0.1) is 5.92 Å². The number of phenolic OH excluding ortho intramolecular Hbond substituents is 1. The first-order valence-corrected chi connectivity index (χ1v) is 9.54. The fourth-order valence-corrected chi connectivity index (χ4v) is 6.55. The SMILES string of the molecule is C=CC[N+]1(C)CC[C@]23c4c5c(OC)cc(O)c4O[C@H]2C(=O)CC[C@H]3[C@H]1C5. The molecule has 2 bridgehead atoms. The van der Waals surface area contributed by atoms with E-state index in [1.165, 1.54) is 0 Å². The highest BCUT2D eigenvalue weighted by atomic mass is 16.5. The van der Waals surface area contributed by atoms with E-state index in [4.69, 9.17) is 9.47 Å². The van der Waals surface area contributed by atoms with Gasteiger partial charge < -0.3 is 19.1 Å². The third-order valence-corrected chi connectivity index (χ3v) is 7.63. The van der Waals surface area contributed by atoms with Crippen molar-refractivity contribution in [2.45, 2.75) is 43.2 Å². The number of hydrogen-bond donors (Lipinski definition) is 1. The van der Waals surface area contributed by atoms with E-state index in [-0.39, 0.29) is 16.9 Å². The molecule has 2 heterocycles. The molecule has 1 spiro atoms. The number of ketones is 1. The van der Waals surface area contributed by atoms with Crippen LogP contribution in [0.15, 0.2) is 18.7 Å². The van der Waals surface area contributed by atoms with Crippen LogP contribution in [0.4, 0.5) is 0 Å². The van der Waals surface area contributed by atoms with Crippen LogP contribution in [0.3, 0.4) is 0 Å². The number of Topliss-reactive ketones (excluding diaryl/α,β-unsaturated/α-hetero) is 1. The first-order chi connectivity index (χ1) is 12.5. The minimum Gasteiger partial charge on any atom is -0.504 e. The number of likely N-dealkylation sites (N-methyl/N-ethyl adjacent to an activating group) is 1. The number of benzene rings is 1. The summed E-state index contributed by atoms with van der Waals surface area (Å²) in [6, 6.07) is 2.07. The van der Waals surface area contributed by atoms with E-state index < -0.39 is 6.10 Å². The van der Waals surface area contributed by atoms with Crippen LogP contribution in [-0.2, 0) is 16.6 Å². The Labute approximate surface area is 153 Å². The van der Waals surface area contributed by atoms with E-state index in [0.29, 0.717) is 24.1 Å². The van der Waals surface area contributed by atoms with Crippen molar-refractivity contribution in [3.8, 4) is 17.2 Å². The van der Waals surface area contributed by atoms with Crippen molar-refractivity contribution >= 4 is 5.78 Å². The number of methoxy groups -OCH3 is 1. The van der Waals surface area contributed by atoms with Crippen molar-refractivity contribution in [1.82, 2.24) is 0 Å². The molecule has 5 rings (SSSR count). The smallest absolute Gasteiger partial charge is 0.174 e. The van der Waals surface area contributed by atoms with Gasteiger partial charge in [0.15, 0.2) is 23.4 Å². The third-order valence-electron chi connectivity index (χ3n) is 7.63. The van der Waals surface area contributed by atoms with Gasteiger partial charge in [0.1, 0.15) is 5.75 Å². The Hall–Kier alpha value is -2.01.